The first-order chi connectivity index (χ1) is 14.2. The van der Waals surface area contributed by atoms with E-state index in [0.29, 0.717) is 5.56 Å². The molecule has 0 bridgehead atoms. The molecule has 1 aliphatic carbocycles. The number of amides is 1. The zero-order valence-corrected chi connectivity index (χ0v) is 16.5. The number of pyridine rings is 1. The van der Waals surface area contributed by atoms with E-state index >= 15 is 0 Å². The maximum Gasteiger partial charge on any atom is 0.422 e. The Morgan fingerprint density at radius 1 is 1.30 bits per heavy atom. The minimum Gasteiger partial charge on any atom is -0.468 e. The number of nitrogens with zero attached hydrogens (tertiary/aromatic N) is 3. The van der Waals surface area contributed by atoms with Crippen LogP contribution in [0.3, 0.4) is 0 Å². The molecular formula is C21H21F3N4O2. The van der Waals surface area contributed by atoms with Crippen LogP contribution in [0, 0.1) is 5.92 Å². The first-order valence-corrected chi connectivity index (χ1v) is 9.59. The number of alkyl halides is 3. The summed E-state index contributed by atoms with van der Waals surface area (Å²) in [7, 11) is 1.89. The summed E-state index contributed by atoms with van der Waals surface area (Å²) in [4.78, 5) is 16.5. The molecule has 1 aliphatic rings. The highest BCUT2D eigenvalue weighted by Crippen LogP contribution is 2.48. The van der Waals surface area contributed by atoms with Gasteiger partial charge in [-0.25, -0.2) is 4.98 Å². The molecule has 0 unspecified atom stereocenters. The largest absolute Gasteiger partial charge is 0.468 e. The number of halogens is 3. The van der Waals surface area contributed by atoms with E-state index in [4.69, 9.17) is 0 Å². The molecule has 1 fully saturated rings. The molecule has 30 heavy (non-hydrogen) atoms. The van der Waals surface area contributed by atoms with Gasteiger partial charge in [0.25, 0.3) is 0 Å². The normalized spacial score (nSPS) is 19.5. The molecule has 158 valence electrons. The number of carbonyl (C=O) groups is 1. The third kappa shape index (κ3) is 4.39. The summed E-state index contributed by atoms with van der Waals surface area (Å²) in [5.74, 6) is -0.0781. The van der Waals surface area contributed by atoms with Crippen molar-refractivity contribution in [3.63, 3.8) is 0 Å². The second-order valence-corrected chi connectivity index (χ2v) is 7.60. The number of nitrogens with one attached hydrogen (secondary N) is 1. The molecule has 3 atom stereocenters. The van der Waals surface area contributed by atoms with Crippen molar-refractivity contribution in [2.75, 3.05) is 6.61 Å². The van der Waals surface area contributed by atoms with Crippen molar-refractivity contribution in [1.82, 2.24) is 20.1 Å². The van der Waals surface area contributed by atoms with Gasteiger partial charge in [0, 0.05) is 30.6 Å². The van der Waals surface area contributed by atoms with Crippen LogP contribution in [-0.4, -0.2) is 33.5 Å². The summed E-state index contributed by atoms with van der Waals surface area (Å²) in [6.45, 7) is 0.420. The lowest BCUT2D eigenvalue weighted by molar-refractivity contribution is -0.154. The Hall–Kier alpha value is -3.10. The lowest BCUT2D eigenvalue weighted by atomic mass is 10.1. The average Bonchev–Trinajstić information content (AvgIpc) is 3.43. The quantitative estimate of drug-likeness (QED) is 0.660. The molecule has 1 aromatic carbocycles. The van der Waals surface area contributed by atoms with Gasteiger partial charge in [-0.05, 0) is 36.5 Å². The van der Waals surface area contributed by atoms with Gasteiger partial charge in [-0.15, -0.1) is 0 Å². The smallest absolute Gasteiger partial charge is 0.422 e. The molecule has 1 amide bonds. The first-order valence-electron chi connectivity index (χ1n) is 9.59. The van der Waals surface area contributed by atoms with Crippen LogP contribution < -0.4 is 10.1 Å². The number of aromatic nitrogens is 3. The van der Waals surface area contributed by atoms with E-state index in [-0.39, 0.29) is 29.7 Å². The summed E-state index contributed by atoms with van der Waals surface area (Å²) in [5.41, 5.74) is 2.84. The number of ether oxygens (including phenoxy) is 1. The fourth-order valence-electron chi connectivity index (χ4n) is 3.54. The summed E-state index contributed by atoms with van der Waals surface area (Å²) < 4.78 is 43.0. The molecule has 6 nitrogen and oxygen atoms in total. The third-order valence-electron chi connectivity index (χ3n) is 5.33. The minimum atomic E-state index is -4.41. The van der Waals surface area contributed by atoms with Gasteiger partial charge in [0.2, 0.25) is 11.8 Å². The molecular weight excluding hydrogens is 397 g/mol. The Morgan fingerprint density at radius 2 is 2.10 bits per heavy atom. The van der Waals surface area contributed by atoms with E-state index in [0.717, 1.165) is 22.9 Å². The van der Waals surface area contributed by atoms with E-state index in [1.165, 1.54) is 12.3 Å². The van der Waals surface area contributed by atoms with Crippen molar-refractivity contribution < 1.29 is 22.7 Å². The Kier molecular flexibility index (Phi) is 5.13. The minimum absolute atomic E-state index is 0.0463. The summed E-state index contributed by atoms with van der Waals surface area (Å²) >= 11 is 0. The molecule has 0 radical (unpaired) electrons. The van der Waals surface area contributed by atoms with Crippen LogP contribution in [0.4, 0.5) is 13.2 Å². The van der Waals surface area contributed by atoms with Crippen LogP contribution in [0.25, 0.3) is 10.9 Å². The predicted octanol–water partition coefficient (Wildman–Crippen LogP) is 3.89. The molecule has 9 heteroatoms. The van der Waals surface area contributed by atoms with Crippen LogP contribution >= 0.6 is 0 Å². The third-order valence-corrected chi connectivity index (χ3v) is 5.33. The molecule has 1 N–H and O–H groups in total. The topological polar surface area (TPSA) is 69.0 Å². The first kappa shape index (κ1) is 20.2. The second kappa shape index (κ2) is 7.62. The van der Waals surface area contributed by atoms with E-state index < -0.39 is 12.8 Å². The summed E-state index contributed by atoms with van der Waals surface area (Å²) in [6, 6.07) is 8.78. The summed E-state index contributed by atoms with van der Waals surface area (Å²) in [6.07, 6.45) is -0.406. The summed E-state index contributed by atoms with van der Waals surface area (Å²) in [5, 5.41) is 8.26. The molecule has 4 rings (SSSR count). The monoisotopic (exact) mass is 418 g/mol. The zero-order valence-electron chi connectivity index (χ0n) is 16.5. The molecule has 0 spiro atoms. The van der Waals surface area contributed by atoms with Crippen molar-refractivity contribution in [2.24, 2.45) is 13.0 Å². The molecule has 2 aromatic heterocycles. The zero-order chi connectivity index (χ0) is 21.5. The highest BCUT2D eigenvalue weighted by atomic mass is 19.4. The Balaban J connectivity index is 1.34. The number of fused-ring (bicyclic) bond motifs is 1. The van der Waals surface area contributed by atoms with Crippen LogP contribution in [0.5, 0.6) is 5.88 Å². The molecule has 0 aliphatic heterocycles. The van der Waals surface area contributed by atoms with E-state index in [1.807, 2.05) is 37.0 Å². The van der Waals surface area contributed by atoms with E-state index in [9.17, 15) is 18.0 Å². The van der Waals surface area contributed by atoms with Gasteiger partial charge in [0.1, 0.15) is 0 Å². The number of aryl methyl sites for hydroxylation is 1. The lowest BCUT2D eigenvalue weighted by Gasteiger charge is -2.15. The standard InChI is InChI=1S/C21H21F3N4O2/c1-12(14-5-6-19(25-9-14)30-11-21(22,23)24)27-20(29)17-8-16(17)13-3-4-15-10-26-28(2)18(15)7-13/h3-7,9-10,12,16-17H,8,11H2,1-2H3,(H,27,29)/t12-,16+,17-/m1/s1. The van der Waals surface area contributed by atoms with Crippen molar-refractivity contribution >= 4 is 16.8 Å². The number of carbonyl (C=O) groups excluding carboxylic acids is 1. The Labute approximate surface area is 171 Å². The highest BCUT2D eigenvalue weighted by Gasteiger charge is 2.44. The molecule has 0 saturated heterocycles. The fourth-order valence-corrected chi connectivity index (χ4v) is 3.54. The highest BCUT2D eigenvalue weighted by molar-refractivity contribution is 5.84. The van der Waals surface area contributed by atoms with Crippen molar-refractivity contribution in [2.45, 2.75) is 31.5 Å². The van der Waals surface area contributed by atoms with Crippen molar-refractivity contribution in [1.29, 1.82) is 0 Å². The Bertz CT molecular complexity index is 1060. The molecule has 1 saturated carbocycles. The number of benzene rings is 1. The number of rotatable bonds is 6. The van der Waals surface area contributed by atoms with Crippen LogP contribution in [0.2, 0.25) is 0 Å². The average molecular weight is 418 g/mol. The fraction of sp³-hybridized carbons (Fsp3) is 0.381. The predicted molar refractivity (Wildman–Crippen MR) is 104 cm³/mol. The second-order valence-electron chi connectivity index (χ2n) is 7.60. The van der Waals surface area contributed by atoms with Gasteiger partial charge in [-0.2, -0.15) is 18.3 Å². The van der Waals surface area contributed by atoms with E-state index in [1.54, 1.807) is 6.07 Å². The van der Waals surface area contributed by atoms with Crippen molar-refractivity contribution in [3.8, 4) is 5.88 Å². The van der Waals surface area contributed by atoms with Gasteiger partial charge in [0.15, 0.2) is 6.61 Å². The number of hydrogen-bond donors (Lipinski definition) is 1. The Morgan fingerprint density at radius 3 is 2.80 bits per heavy atom. The SMILES string of the molecule is C[C@@H](NC(=O)[C@@H]1C[C@H]1c1ccc2cnn(C)c2c1)c1ccc(OCC(F)(F)F)nc1. The molecule has 3 aromatic rings. The van der Waals surface area contributed by atoms with Crippen LogP contribution in [0.15, 0.2) is 42.7 Å². The van der Waals surface area contributed by atoms with Gasteiger partial charge >= 0.3 is 6.18 Å². The number of hydrogen-bond acceptors (Lipinski definition) is 4. The van der Waals surface area contributed by atoms with Gasteiger partial charge in [0.05, 0.1) is 17.8 Å². The molecule has 2 heterocycles. The lowest BCUT2D eigenvalue weighted by Crippen LogP contribution is -2.28. The van der Waals surface area contributed by atoms with E-state index in [2.05, 4.69) is 26.2 Å². The van der Waals surface area contributed by atoms with Crippen LogP contribution in [0.1, 0.15) is 36.4 Å². The van der Waals surface area contributed by atoms with Gasteiger partial charge in [-0.3, -0.25) is 9.48 Å². The van der Waals surface area contributed by atoms with Gasteiger partial charge < -0.3 is 10.1 Å². The maximum absolute atomic E-state index is 12.6. The maximum atomic E-state index is 12.6. The van der Waals surface area contributed by atoms with Crippen LogP contribution in [-0.2, 0) is 11.8 Å². The van der Waals surface area contributed by atoms with Gasteiger partial charge in [-0.1, -0.05) is 18.2 Å². The van der Waals surface area contributed by atoms with Crippen molar-refractivity contribution in [3.05, 3.63) is 53.9 Å².